The molecule has 1 amide bonds. The van der Waals surface area contributed by atoms with Crippen molar-refractivity contribution in [1.29, 1.82) is 0 Å². The smallest absolute Gasteiger partial charge is 0.265 e. The Labute approximate surface area is 177 Å². The molecule has 0 bridgehead atoms. The number of amides is 1. The first kappa shape index (κ1) is 22.0. The van der Waals surface area contributed by atoms with Crippen LogP contribution in [0.15, 0.2) is 65.1 Å². The van der Waals surface area contributed by atoms with Crippen molar-refractivity contribution in [1.82, 2.24) is 9.79 Å². The van der Waals surface area contributed by atoms with Gasteiger partial charge in [0.15, 0.2) is 0 Å². The molecule has 1 aliphatic rings. The van der Waals surface area contributed by atoms with Gasteiger partial charge in [0.2, 0.25) is 0 Å². The first-order chi connectivity index (χ1) is 14.3. The summed E-state index contributed by atoms with van der Waals surface area (Å²) in [6.45, 7) is 6.16. The molecule has 1 N–H and O–H groups in total. The Balaban J connectivity index is 1.88. The highest BCUT2D eigenvalue weighted by molar-refractivity contribution is 7.89. The van der Waals surface area contributed by atoms with Crippen molar-refractivity contribution < 1.29 is 22.8 Å². The number of hydroxylamine groups is 1. The summed E-state index contributed by atoms with van der Waals surface area (Å²) in [5.41, 5.74) is 2.13. The first-order valence-corrected chi connectivity index (χ1v) is 11.2. The topological polar surface area (TPSA) is 84.9 Å². The Morgan fingerprint density at radius 2 is 1.77 bits per heavy atom. The number of hydrogen-bond acceptors (Lipinski definition) is 5. The van der Waals surface area contributed by atoms with E-state index in [0.717, 1.165) is 21.4 Å². The second-order valence-electron chi connectivity index (χ2n) is 7.00. The minimum Gasteiger partial charge on any atom is -0.494 e. The van der Waals surface area contributed by atoms with Crippen molar-refractivity contribution in [3.63, 3.8) is 0 Å². The van der Waals surface area contributed by atoms with Crippen LogP contribution in [0.1, 0.15) is 42.8 Å². The molecular weight excluding hydrogens is 404 g/mol. The summed E-state index contributed by atoms with van der Waals surface area (Å²) in [6.07, 6.45) is 1.35. The van der Waals surface area contributed by atoms with E-state index in [1.165, 1.54) is 31.3 Å². The van der Waals surface area contributed by atoms with E-state index in [-0.39, 0.29) is 10.8 Å². The molecule has 1 aliphatic heterocycles. The Bertz CT molecular complexity index is 1030. The maximum absolute atomic E-state index is 13.2. The van der Waals surface area contributed by atoms with Gasteiger partial charge in [0.1, 0.15) is 11.9 Å². The third-order valence-corrected chi connectivity index (χ3v) is 6.59. The summed E-state index contributed by atoms with van der Waals surface area (Å²) < 4.78 is 32.9. The molecule has 7 nitrogen and oxygen atoms in total. The predicted octanol–water partition coefficient (Wildman–Crippen LogP) is 3.46. The van der Waals surface area contributed by atoms with Crippen LogP contribution in [0.5, 0.6) is 5.75 Å². The van der Waals surface area contributed by atoms with E-state index in [9.17, 15) is 13.2 Å². The maximum Gasteiger partial charge on any atom is 0.265 e. The summed E-state index contributed by atoms with van der Waals surface area (Å²) in [4.78, 5) is 17.7. The fourth-order valence-corrected chi connectivity index (χ4v) is 4.73. The van der Waals surface area contributed by atoms with Crippen LogP contribution in [-0.2, 0) is 14.9 Å². The third-order valence-electron chi connectivity index (χ3n) is 4.83. The zero-order valence-corrected chi connectivity index (χ0v) is 18.3. The molecule has 2 aromatic carbocycles. The number of rotatable bonds is 6. The molecule has 2 aromatic rings. The fraction of sp³-hybridized carbons (Fsp3) is 0.318. The van der Waals surface area contributed by atoms with Gasteiger partial charge in [-0.2, -0.15) is 0 Å². The molecule has 0 aliphatic carbocycles. The number of nitrogens with zero attached hydrogens (tertiary/aromatic N) is 1. The van der Waals surface area contributed by atoms with Gasteiger partial charge in [-0.15, -0.1) is 0 Å². The van der Waals surface area contributed by atoms with E-state index in [0.29, 0.717) is 12.2 Å². The van der Waals surface area contributed by atoms with Crippen molar-refractivity contribution >= 4 is 15.9 Å². The minimum absolute atomic E-state index is 0.0559. The van der Waals surface area contributed by atoms with E-state index >= 15 is 0 Å². The van der Waals surface area contributed by atoms with Gasteiger partial charge in [0.05, 0.1) is 17.5 Å². The predicted molar refractivity (Wildman–Crippen MR) is 114 cm³/mol. The molecule has 2 atom stereocenters. The van der Waals surface area contributed by atoms with Crippen LogP contribution in [0.25, 0.3) is 0 Å². The number of carbonyl (C=O) groups is 1. The molecule has 1 heterocycles. The zero-order valence-electron chi connectivity index (χ0n) is 17.5. The van der Waals surface area contributed by atoms with Crippen molar-refractivity contribution in [2.45, 2.75) is 37.8 Å². The van der Waals surface area contributed by atoms with Crippen molar-refractivity contribution in [3.8, 4) is 5.75 Å². The monoisotopic (exact) mass is 430 g/mol. The molecule has 0 radical (unpaired) electrons. The van der Waals surface area contributed by atoms with Crippen molar-refractivity contribution in [2.75, 3.05) is 13.7 Å². The average Bonchev–Trinajstić information content (AvgIpc) is 2.74. The molecular formula is C22H26N2O5S. The lowest BCUT2D eigenvalue weighted by Gasteiger charge is -2.35. The lowest BCUT2D eigenvalue weighted by Crippen LogP contribution is -2.41. The van der Waals surface area contributed by atoms with Gasteiger partial charge in [0, 0.05) is 12.6 Å². The van der Waals surface area contributed by atoms with Gasteiger partial charge >= 0.3 is 0 Å². The summed E-state index contributed by atoms with van der Waals surface area (Å²) >= 11 is 0. The fourth-order valence-electron chi connectivity index (χ4n) is 3.34. The Kier molecular flexibility index (Phi) is 6.60. The number of benzene rings is 2. The molecule has 160 valence electrons. The number of nitrogens with one attached hydrogen (secondary N) is 1. The summed E-state index contributed by atoms with van der Waals surface area (Å²) in [5.74, 6) is 0.461. The highest BCUT2D eigenvalue weighted by Crippen LogP contribution is 2.35. The van der Waals surface area contributed by atoms with Crippen LogP contribution in [0.4, 0.5) is 0 Å². The van der Waals surface area contributed by atoms with Gasteiger partial charge in [-0.05, 0) is 68.3 Å². The quantitative estimate of drug-likeness (QED) is 0.710. The Morgan fingerprint density at radius 1 is 1.13 bits per heavy atom. The molecule has 2 unspecified atom stereocenters. The van der Waals surface area contributed by atoms with Gasteiger partial charge < -0.3 is 10.1 Å². The normalized spacial score (nSPS) is 19.8. The molecule has 30 heavy (non-hydrogen) atoms. The number of hydrogen-bond donors (Lipinski definition) is 1. The summed E-state index contributed by atoms with van der Waals surface area (Å²) in [6, 6.07) is 12.7. The molecule has 0 spiro atoms. The minimum atomic E-state index is -3.93. The molecule has 0 fully saturated rings. The van der Waals surface area contributed by atoms with E-state index in [1.54, 1.807) is 6.92 Å². The largest absolute Gasteiger partial charge is 0.494 e. The molecule has 3 rings (SSSR count). The highest BCUT2D eigenvalue weighted by atomic mass is 32.2. The number of sulfonamides is 1. The third kappa shape index (κ3) is 4.40. The zero-order chi connectivity index (χ0) is 21.9. The second-order valence-corrected chi connectivity index (χ2v) is 8.78. The SMILES string of the molecule is CCOc1ccc(C2ON(S(=O)(=O)c3ccc(C(=O)NC)cc3)C(C)C=C2C)cc1. The average molecular weight is 431 g/mol. The maximum atomic E-state index is 13.2. The standard InChI is InChI=1S/C22H26N2O5S/c1-5-28-19-10-6-17(7-11-19)21-15(2)14-16(3)24(29-21)30(26,27)20-12-8-18(9-13-20)22(25)23-4/h6-14,16,21H,5H2,1-4H3,(H,23,25). The van der Waals surface area contributed by atoms with Crippen molar-refractivity contribution in [3.05, 3.63) is 71.3 Å². The van der Waals surface area contributed by atoms with Gasteiger partial charge in [-0.1, -0.05) is 22.7 Å². The molecule has 0 saturated carbocycles. The van der Waals surface area contributed by atoms with Gasteiger partial charge in [-0.3, -0.25) is 9.63 Å². The molecule has 8 heteroatoms. The second kappa shape index (κ2) is 8.99. The van der Waals surface area contributed by atoms with E-state index in [1.807, 2.05) is 44.2 Å². The molecule has 0 saturated heterocycles. The lowest BCUT2D eigenvalue weighted by molar-refractivity contribution is -0.143. The van der Waals surface area contributed by atoms with Crippen LogP contribution >= 0.6 is 0 Å². The van der Waals surface area contributed by atoms with E-state index in [2.05, 4.69) is 5.32 Å². The highest BCUT2D eigenvalue weighted by Gasteiger charge is 2.36. The van der Waals surface area contributed by atoms with E-state index in [4.69, 9.17) is 9.57 Å². The van der Waals surface area contributed by atoms with Gasteiger partial charge in [-0.25, -0.2) is 8.42 Å². The van der Waals surface area contributed by atoms with Crippen LogP contribution in [0, 0.1) is 0 Å². The Hall–Kier alpha value is -2.68. The van der Waals surface area contributed by atoms with Crippen LogP contribution in [-0.4, -0.2) is 38.5 Å². The Morgan fingerprint density at radius 3 is 2.33 bits per heavy atom. The number of carbonyl (C=O) groups excluding carboxylic acids is 1. The molecule has 0 aromatic heterocycles. The summed E-state index contributed by atoms with van der Waals surface area (Å²) in [5, 5.41) is 2.51. The first-order valence-electron chi connectivity index (χ1n) is 9.72. The van der Waals surface area contributed by atoms with Crippen molar-refractivity contribution in [2.24, 2.45) is 0 Å². The van der Waals surface area contributed by atoms with Gasteiger partial charge in [0.25, 0.3) is 15.9 Å². The van der Waals surface area contributed by atoms with E-state index < -0.39 is 22.2 Å². The number of ether oxygens (including phenoxy) is 1. The van der Waals surface area contributed by atoms with Crippen LogP contribution < -0.4 is 10.1 Å². The van der Waals surface area contributed by atoms with Crippen LogP contribution in [0.3, 0.4) is 0 Å². The van der Waals surface area contributed by atoms with Crippen LogP contribution in [0.2, 0.25) is 0 Å². The lowest BCUT2D eigenvalue weighted by atomic mass is 10.00. The summed E-state index contributed by atoms with van der Waals surface area (Å²) in [7, 11) is -2.41.